The maximum absolute atomic E-state index is 11.8. The molecule has 0 aromatic carbocycles. The lowest BCUT2D eigenvalue weighted by atomic mass is 9.49. The van der Waals surface area contributed by atoms with Crippen molar-refractivity contribution in [3.8, 4) is 0 Å². The van der Waals surface area contributed by atoms with Crippen LogP contribution in [0.15, 0.2) is 23.5 Å². The molecule has 34 heavy (non-hydrogen) atoms. The highest BCUT2D eigenvalue weighted by atomic mass is 16.5. The normalized spacial score (nSPS) is 41.6. The maximum atomic E-state index is 11.8. The third kappa shape index (κ3) is 4.95. The van der Waals surface area contributed by atoms with Crippen molar-refractivity contribution in [3.05, 3.63) is 23.5 Å². The van der Waals surface area contributed by atoms with Crippen molar-refractivity contribution in [2.45, 2.75) is 96.5 Å². The number of rotatable bonds is 8. The van der Waals surface area contributed by atoms with Crippen LogP contribution in [0.1, 0.15) is 90.4 Å². The van der Waals surface area contributed by atoms with E-state index in [4.69, 9.17) is 9.47 Å². The molecule has 0 aromatic heterocycles. The smallest absolute Gasteiger partial charge is 0.305 e. The molecule has 6 saturated carbocycles. The second-order valence-electron chi connectivity index (χ2n) is 12.3. The van der Waals surface area contributed by atoms with Gasteiger partial charge in [0.25, 0.3) is 0 Å². The molecule has 1 N–H and O–H groups in total. The van der Waals surface area contributed by atoms with Crippen molar-refractivity contribution in [1.82, 2.24) is 0 Å². The zero-order valence-corrected chi connectivity index (χ0v) is 21.0. The van der Waals surface area contributed by atoms with Gasteiger partial charge in [-0.3, -0.25) is 9.59 Å². The number of ether oxygens (including phenoxy) is 2. The van der Waals surface area contributed by atoms with Crippen LogP contribution in [0.2, 0.25) is 0 Å². The average Bonchev–Trinajstić information content (AvgIpc) is 3.30. The van der Waals surface area contributed by atoms with Crippen molar-refractivity contribution in [2.24, 2.45) is 40.9 Å². The number of carbonyl (C=O) groups excluding carboxylic acids is 2. The van der Waals surface area contributed by atoms with Gasteiger partial charge in [0.1, 0.15) is 6.10 Å². The Hall–Kier alpha value is -1.78. The molecule has 0 spiro atoms. The Bertz CT molecular complexity index is 819. The Morgan fingerprint density at radius 1 is 1.06 bits per heavy atom. The molecule has 5 heteroatoms. The minimum atomic E-state index is -0.248. The molecule has 6 fully saturated rings. The third-order valence-corrected chi connectivity index (χ3v) is 9.84. The average molecular weight is 471 g/mol. The summed E-state index contributed by atoms with van der Waals surface area (Å²) in [6.45, 7) is 1.48. The van der Waals surface area contributed by atoms with Gasteiger partial charge in [-0.1, -0.05) is 11.6 Å². The lowest BCUT2D eigenvalue weighted by molar-refractivity contribution is -0.148. The third-order valence-electron chi connectivity index (χ3n) is 9.84. The van der Waals surface area contributed by atoms with Crippen LogP contribution in [0.5, 0.6) is 0 Å². The Morgan fingerprint density at radius 3 is 2.35 bits per heavy atom. The lowest BCUT2D eigenvalue weighted by Gasteiger charge is -2.56. The molecule has 0 aromatic rings. The van der Waals surface area contributed by atoms with Crippen molar-refractivity contribution >= 4 is 11.9 Å². The molecule has 6 aliphatic rings. The van der Waals surface area contributed by atoms with Crippen LogP contribution in [0.3, 0.4) is 0 Å². The number of esters is 2. The van der Waals surface area contributed by atoms with Crippen molar-refractivity contribution in [2.75, 3.05) is 7.11 Å². The van der Waals surface area contributed by atoms with Crippen LogP contribution in [-0.4, -0.2) is 30.3 Å². The van der Waals surface area contributed by atoms with E-state index >= 15 is 0 Å². The highest BCUT2D eigenvalue weighted by Crippen LogP contribution is 2.62. The number of methoxy groups -OCH3 is 1. The lowest BCUT2D eigenvalue weighted by Crippen LogP contribution is -2.45. The Kier molecular flexibility index (Phi) is 6.83. The molecule has 188 valence electrons. The first-order chi connectivity index (χ1) is 16.3. The van der Waals surface area contributed by atoms with E-state index in [1.54, 1.807) is 0 Å². The second-order valence-corrected chi connectivity index (χ2v) is 12.3. The van der Waals surface area contributed by atoms with Crippen LogP contribution < -0.4 is 0 Å². The molecule has 0 amide bonds. The summed E-state index contributed by atoms with van der Waals surface area (Å²) in [5, 5.41) is 11.4. The van der Waals surface area contributed by atoms with E-state index < -0.39 is 0 Å². The van der Waals surface area contributed by atoms with Gasteiger partial charge in [-0.15, -0.1) is 0 Å². The van der Waals surface area contributed by atoms with Crippen molar-refractivity contribution < 1.29 is 24.2 Å². The van der Waals surface area contributed by atoms with E-state index in [1.165, 1.54) is 58.1 Å². The van der Waals surface area contributed by atoms with Crippen LogP contribution in [0.25, 0.3) is 0 Å². The van der Waals surface area contributed by atoms with Gasteiger partial charge >= 0.3 is 11.9 Å². The molecular formula is C29H42O5. The summed E-state index contributed by atoms with van der Waals surface area (Å²) in [4.78, 5) is 23.2. The first-order valence-electron chi connectivity index (χ1n) is 13.6. The highest BCUT2D eigenvalue weighted by molar-refractivity contribution is 5.69. The predicted molar refractivity (Wildman–Crippen MR) is 130 cm³/mol. The molecule has 0 saturated heterocycles. The fourth-order valence-corrected chi connectivity index (χ4v) is 9.00. The summed E-state index contributed by atoms with van der Waals surface area (Å²) in [5.74, 6) is 3.52. The number of allylic oxidation sites excluding steroid dienone is 3. The van der Waals surface area contributed by atoms with Gasteiger partial charge in [0.15, 0.2) is 0 Å². The molecule has 5 nitrogen and oxygen atoms in total. The van der Waals surface area contributed by atoms with Crippen LogP contribution >= 0.6 is 0 Å². The predicted octanol–water partition coefficient (Wildman–Crippen LogP) is 6.28. The van der Waals surface area contributed by atoms with Crippen molar-refractivity contribution in [3.63, 3.8) is 0 Å². The summed E-state index contributed by atoms with van der Waals surface area (Å²) in [6, 6.07) is 0. The Labute approximate surface area is 204 Å². The van der Waals surface area contributed by atoms with Gasteiger partial charge < -0.3 is 14.6 Å². The van der Waals surface area contributed by atoms with Gasteiger partial charge in [-0.2, -0.15) is 0 Å². The molecule has 6 aliphatic carbocycles. The summed E-state index contributed by atoms with van der Waals surface area (Å²) in [6.07, 6.45) is 18.5. The van der Waals surface area contributed by atoms with Gasteiger partial charge in [0.2, 0.25) is 0 Å². The maximum Gasteiger partial charge on any atom is 0.305 e. The summed E-state index contributed by atoms with van der Waals surface area (Å²) in [7, 11) is 1.43. The molecule has 0 aliphatic heterocycles. The molecule has 0 heterocycles. The molecule has 4 atom stereocenters. The number of fused-ring (bicyclic) bond motifs is 1. The summed E-state index contributed by atoms with van der Waals surface area (Å²) in [5.41, 5.74) is 1.83. The van der Waals surface area contributed by atoms with E-state index in [1.807, 2.05) is 0 Å². The zero-order valence-electron chi connectivity index (χ0n) is 21.0. The number of hydrogen-bond acceptors (Lipinski definition) is 5. The molecule has 4 bridgehead atoms. The number of aliphatic hydroxyl groups excluding tert-OH is 1. The quantitative estimate of drug-likeness (QED) is 0.196. The molecule has 0 unspecified atom stereocenters. The monoisotopic (exact) mass is 470 g/mol. The topological polar surface area (TPSA) is 72.8 Å². The number of unbranched alkanes of at least 4 members (excludes halogenated alkanes) is 1. The highest BCUT2D eigenvalue weighted by Gasteiger charge is 2.52. The Morgan fingerprint density at radius 2 is 1.74 bits per heavy atom. The number of carbonyl (C=O) groups is 2. The number of hydrogen-bond donors (Lipinski definition) is 1. The molecule has 6 rings (SSSR count). The summed E-state index contributed by atoms with van der Waals surface area (Å²) < 4.78 is 10.5. The fraction of sp³-hybridized carbons (Fsp3) is 0.793. The van der Waals surface area contributed by atoms with Gasteiger partial charge in [-0.25, -0.2) is 0 Å². The van der Waals surface area contributed by atoms with E-state index in [9.17, 15) is 14.7 Å². The van der Waals surface area contributed by atoms with Crippen LogP contribution in [-0.2, 0) is 19.1 Å². The van der Waals surface area contributed by atoms with E-state index in [-0.39, 0.29) is 24.0 Å². The summed E-state index contributed by atoms with van der Waals surface area (Å²) >= 11 is 0. The largest absolute Gasteiger partial charge is 0.512 e. The van der Waals surface area contributed by atoms with Crippen LogP contribution in [0.4, 0.5) is 0 Å². The standard InChI is InChI=1S/C29H42O5/c1-18(30)34-26-14-23-12-19(5-3-4-6-27(32)33-2)13-24(23)28(26)25(31)7-8-29-15-20-9-21(16-29)11-22(10-20)17-29/h5,7,20-24,26,28,31H,3-4,6,8-17H2,1-2H3/b19-5+,25-7?/t20?,21?,22?,23-,24-,26-,28+,29?/m1/s1. The molecular weight excluding hydrogens is 428 g/mol. The fourth-order valence-electron chi connectivity index (χ4n) is 9.00. The van der Waals surface area contributed by atoms with E-state index in [2.05, 4.69) is 12.2 Å². The van der Waals surface area contributed by atoms with Gasteiger partial charge in [0, 0.05) is 13.3 Å². The Balaban J connectivity index is 1.25. The first kappa shape index (κ1) is 23.9. The van der Waals surface area contributed by atoms with E-state index in [0.29, 0.717) is 29.4 Å². The van der Waals surface area contributed by atoms with Gasteiger partial charge in [0.05, 0.1) is 18.8 Å². The first-order valence-corrected chi connectivity index (χ1v) is 13.6. The van der Waals surface area contributed by atoms with E-state index in [0.717, 1.165) is 56.3 Å². The van der Waals surface area contributed by atoms with Crippen LogP contribution in [0, 0.1) is 40.9 Å². The van der Waals surface area contributed by atoms with Gasteiger partial charge in [-0.05, 0) is 118 Å². The zero-order chi connectivity index (χ0) is 23.9. The second kappa shape index (κ2) is 9.70. The number of aliphatic hydroxyl groups is 1. The minimum absolute atomic E-state index is 0.0798. The molecule has 0 radical (unpaired) electrons. The van der Waals surface area contributed by atoms with Crippen molar-refractivity contribution in [1.29, 1.82) is 0 Å². The minimum Gasteiger partial charge on any atom is -0.512 e. The SMILES string of the molecule is COC(=O)CCC/C=C1\C[C@@H]2C[C@@H](OC(C)=O)[C@H](C(O)=CCC34CC5CC(CC(C5)C3)C4)[C@@H]2C1.